The maximum absolute atomic E-state index is 13.3. The molecule has 1 unspecified atom stereocenters. The molecule has 0 fully saturated rings. The van der Waals surface area contributed by atoms with Crippen molar-refractivity contribution in [2.75, 3.05) is 11.9 Å². The second kappa shape index (κ2) is 6.15. The lowest BCUT2D eigenvalue weighted by Crippen LogP contribution is -2.31. The third-order valence-electron chi connectivity index (χ3n) is 4.18. The highest BCUT2D eigenvalue weighted by atomic mass is 19.2. The number of rotatable bonds is 2. The molecule has 9 heteroatoms. The smallest absolute Gasteiger partial charge is 0.405 e. The summed E-state index contributed by atoms with van der Waals surface area (Å²) in [6.45, 7) is 0. The second-order valence-corrected chi connectivity index (χ2v) is 5.75. The Hall–Kier alpha value is -2.97. The van der Waals surface area contributed by atoms with Crippen LogP contribution in [0.5, 0.6) is 0 Å². The van der Waals surface area contributed by atoms with Crippen molar-refractivity contribution in [3.05, 3.63) is 53.1 Å². The van der Waals surface area contributed by atoms with Gasteiger partial charge in [-0.05, 0) is 24.0 Å². The summed E-state index contributed by atoms with van der Waals surface area (Å²) in [4.78, 5) is 24.3. The fraction of sp³-hybridized carbons (Fsp3) is 0.250. The number of carbonyl (C=O) groups is 2. The number of anilines is 1. The van der Waals surface area contributed by atoms with E-state index in [0.717, 1.165) is 22.6 Å². The van der Waals surface area contributed by atoms with Crippen LogP contribution >= 0.6 is 0 Å². The van der Waals surface area contributed by atoms with Gasteiger partial charge in [0.2, 0.25) is 0 Å². The van der Waals surface area contributed by atoms with Gasteiger partial charge in [0, 0.05) is 31.6 Å². The van der Waals surface area contributed by atoms with Gasteiger partial charge in [-0.1, -0.05) is 0 Å². The summed E-state index contributed by atoms with van der Waals surface area (Å²) in [6, 6.07) is 0.423. The van der Waals surface area contributed by atoms with Crippen molar-refractivity contribution in [2.45, 2.75) is 18.9 Å². The molecule has 6 nitrogen and oxygen atoms in total. The predicted molar refractivity (Wildman–Crippen MR) is 82.2 cm³/mol. The molecule has 0 saturated heterocycles. The number of nitrogens with one attached hydrogen (secondary N) is 1. The van der Waals surface area contributed by atoms with E-state index < -0.39 is 35.6 Å². The van der Waals surface area contributed by atoms with E-state index in [0.29, 0.717) is 18.4 Å². The molecule has 2 N–H and O–H groups in total. The molecule has 1 heterocycles. The number of aryl methyl sites for hydroxylation is 1. The van der Waals surface area contributed by atoms with Crippen molar-refractivity contribution in [1.29, 1.82) is 0 Å². The number of aromatic nitrogens is 1. The number of hydrogen-bond donors (Lipinski definition) is 2. The molecule has 1 aromatic heterocycles. The quantitative estimate of drug-likeness (QED) is 0.814. The van der Waals surface area contributed by atoms with Gasteiger partial charge in [-0.3, -0.25) is 9.47 Å². The van der Waals surface area contributed by atoms with Crippen LogP contribution in [0.2, 0.25) is 0 Å². The van der Waals surface area contributed by atoms with E-state index in [1.807, 2.05) is 0 Å². The summed E-state index contributed by atoms with van der Waals surface area (Å²) in [5.41, 5.74) is 1.35. The number of benzene rings is 1. The maximum atomic E-state index is 13.3. The second-order valence-electron chi connectivity index (χ2n) is 5.75. The zero-order valence-electron chi connectivity index (χ0n) is 13.1. The molecule has 0 radical (unpaired) electrons. The molecule has 0 spiro atoms. The Morgan fingerprint density at radius 2 is 1.88 bits per heavy atom. The number of carboxylic acid groups (broad SMARTS) is 1. The fourth-order valence-electron chi connectivity index (χ4n) is 2.92. The van der Waals surface area contributed by atoms with Crippen LogP contribution in [0, 0.1) is 17.5 Å². The average Bonchev–Trinajstić information content (AvgIpc) is 3.12. The third-order valence-corrected chi connectivity index (χ3v) is 4.18. The minimum absolute atomic E-state index is 0.143. The van der Waals surface area contributed by atoms with Gasteiger partial charge in [-0.25, -0.2) is 22.8 Å². The van der Waals surface area contributed by atoms with Crippen LogP contribution < -0.4 is 10.2 Å². The predicted octanol–water partition coefficient (Wildman–Crippen LogP) is 3.26. The standard InChI is InChI=1S/C16H14F3N3O3/c1-21(9-4-11(17)14(19)12(18)5-9)16(25)22-6-8-2-3-13(10(8)7-22)20-15(23)24/h4-7,13,20H,2-3H2,1H3,(H,23,24). The van der Waals surface area contributed by atoms with E-state index >= 15 is 0 Å². The molecule has 2 amide bonds. The molecular formula is C16H14F3N3O3. The number of hydrogen-bond acceptors (Lipinski definition) is 2. The summed E-state index contributed by atoms with van der Waals surface area (Å²) in [5.74, 6) is -4.39. The molecule has 132 valence electrons. The van der Waals surface area contributed by atoms with Crippen LogP contribution in [-0.2, 0) is 6.42 Å². The first kappa shape index (κ1) is 16.9. The minimum Gasteiger partial charge on any atom is -0.465 e. The van der Waals surface area contributed by atoms with Gasteiger partial charge in [0.15, 0.2) is 17.5 Å². The Morgan fingerprint density at radius 3 is 2.48 bits per heavy atom. The number of carbonyl (C=O) groups excluding carboxylic acids is 1. The third kappa shape index (κ3) is 3.04. The SMILES string of the molecule is CN(C(=O)n1cc2c(c1)C(NC(=O)O)CC2)c1cc(F)c(F)c(F)c1. The Kier molecular flexibility index (Phi) is 4.15. The molecular weight excluding hydrogens is 339 g/mol. The molecule has 1 atom stereocenters. The van der Waals surface area contributed by atoms with Gasteiger partial charge in [-0.2, -0.15) is 0 Å². The summed E-state index contributed by atoms with van der Waals surface area (Å²) < 4.78 is 40.9. The first-order chi connectivity index (χ1) is 11.8. The largest absolute Gasteiger partial charge is 0.465 e. The first-order valence-corrected chi connectivity index (χ1v) is 7.40. The highest BCUT2D eigenvalue weighted by Gasteiger charge is 2.28. The van der Waals surface area contributed by atoms with Crippen molar-refractivity contribution in [2.24, 2.45) is 0 Å². The number of amides is 2. The van der Waals surface area contributed by atoms with Gasteiger partial charge < -0.3 is 10.4 Å². The molecule has 3 rings (SSSR count). The molecule has 0 saturated carbocycles. The Bertz CT molecular complexity index is 843. The summed E-state index contributed by atoms with van der Waals surface area (Å²) in [6.07, 6.45) is 3.07. The van der Waals surface area contributed by atoms with Gasteiger partial charge in [0.1, 0.15) is 0 Å². The van der Waals surface area contributed by atoms with Crippen LogP contribution in [0.1, 0.15) is 23.6 Å². The molecule has 25 heavy (non-hydrogen) atoms. The molecule has 2 aromatic rings. The van der Waals surface area contributed by atoms with E-state index in [-0.39, 0.29) is 5.69 Å². The van der Waals surface area contributed by atoms with E-state index in [2.05, 4.69) is 5.32 Å². The van der Waals surface area contributed by atoms with E-state index in [1.54, 1.807) is 6.20 Å². The van der Waals surface area contributed by atoms with Crippen molar-refractivity contribution in [3.63, 3.8) is 0 Å². The molecule has 1 aliphatic carbocycles. The minimum atomic E-state index is -1.60. The fourth-order valence-corrected chi connectivity index (χ4v) is 2.92. The zero-order chi connectivity index (χ0) is 18.3. The van der Waals surface area contributed by atoms with Crippen LogP contribution in [-0.4, -0.2) is 28.8 Å². The summed E-state index contributed by atoms with van der Waals surface area (Å²) in [5, 5.41) is 11.2. The molecule has 0 bridgehead atoms. The topological polar surface area (TPSA) is 74.6 Å². The molecule has 0 aliphatic heterocycles. The Balaban J connectivity index is 1.86. The van der Waals surface area contributed by atoms with Gasteiger partial charge >= 0.3 is 12.1 Å². The highest BCUT2D eigenvalue weighted by molar-refractivity contribution is 5.93. The number of fused-ring (bicyclic) bond motifs is 1. The monoisotopic (exact) mass is 353 g/mol. The summed E-state index contributed by atoms with van der Waals surface area (Å²) >= 11 is 0. The number of halogens is 3. The van der Waals surface area contributed by atoms with Gasteiger partial charge in [0.05, 0.1) is 11.7 Å². The van der Waals surface area contributed by atoms with Crippen LogP contribution in [0.3, 0.4) is 0 Å². The molecule has 1 aromatic carbocycles. The molecule has 1 aliphatic rings. The van der Waals surface area contributed by atoms with Crippen LogP contribution in [0.15, 0.2) is 24.5 Å². The van der Waals surface area contributed by atoms with Crippen molar-refractivity contribution in [1.82, 2.24) is 9.88 Å². The Labute approximate surface area is 140 Å². The van der Waals surface area contributed by atoms with Crippen LogP contribution in [0.25, 0.3) is 0 Å². The van der Waals surface area contributed by atoms with E-state index in [4.69, 9.17) is 5.11 Å². The maximum Gasteiger partial charge on any atom is 0.405 e. The van der Waals surface area contributed by atoms with Crippen molar-refractivity contribution in [3.8, 4) is 0 Å². The zero-order valence-corrected chi connectivity index (χ0v) is 13.1. The lowest BCUT2D eigenvalue weighted by Gasteiger charge is -2.18. The lowest BCUT2D eigenvalue weighted by atomic mass is 10.2. The van der Waals surface area contributed by atoms with E-state index in [1.165, 1.54) is 17.8 Å². The normalized spacial score (nSPS) is 15.8. The van der Waals surface area contributed by atoms with Crippen molar-refractivity contribution >= 4 is 17.8 Å². The van der Waals surface area contributed by atoms with Gasteiger partial charge in [0.25, 0.3) is 0 Å². The first-order valence-electron chi connectivity index (χ1n) is 7.40. The van der Waals surface area contributed by atoms with Crippen LogP contribution in [0.4, 0.5) is 28.4 Å². The average molecular weight is 353 g/mol. The Morgan fingerprint density at radius 1 is 1.24 bits per heavy atom. The number of nitrogens with zero attached hydrogens (tertiary/aromatic N) is 2. The van der Waals surface area contributed by atoms with Gasteiger partial charge in [-0.15, -0.1) is 0 Å². The lowest BCUT2D eigenvalue weighted by molar-refractivity contribution is 0.190. The van der Waals surface area contributed by atoms with Crippen molar-refractivity contribution < 1.29 is 27.9 Å². The highest BCUT2D eigenvalue weighted by Crippen LogP contribution is 2.32. The summed E-state index contributed by atoms with van der Waals surface area (Å²) in [7, 11) is 1.30. The van der Waals surface area contributed by atoms with E-state index in [9.17, 15) is 22.8 Å².